The van der Waals surface area contributed by atoms with Gasteiger partial charge in [0.15, 0.2) is 5.82 Å². The third kappa shape index (κ3) is 2.55. The molecule has 1 atom stereocenters. The molecular weight excluding hydrogens is 276 g/mol. The van der Waals surface area contributed by atoms with E-state index in [0.29, 0.717) is 6.04 Å². The minimum atomic E-state index is 0.313. The Balaban J connectivity index is 1.52. The highest BCUT2D eigenvalue weighted by molar-refractivity contribution is 5.56. The molecule has 6 heteroatoms. The van der Waals surface area contributed by atoms with Crippen molar-refractivity contribution in [1.82, 2.24) is 24.7 Å². The van der Waals surface area contributed by atoms with E-state index in [-0.39, 0.29) is 0 Å². The van der Waals surface area contributed by atoms with Gasteiger partial charge in [0.25, 0.3) is 0 Å². The summed E-state index contributed by atoms with van der Waals surface area (Å²) in [7, 11) is 0. The first kappa shape index (κ1) is 12.9. The van der Waals surface area contributed by atoms with Crippen molar-refractivity contribution in [2.24, 2.45) is 0 Å². The van der Waals surface area contributed by atoms with Crippen molar-refractivity contribution < 1.29 is 0 Å². The lowest BCUT2D eigenvalue weighted by atomic mass is 10.1. The van der Waals surface area contributed by atoms with E-state index in [4.69, 9.17) is 0 Å². The van der Waals surface area contributed by atoms with Crippen molar-refractivity contribution in [3.63, 3.8) is 0 Å². The highest BCUT2D eigenvalue weighted by atomic mass is 15.3. The van der Waals surface area contributed by atoms with Crippen molar-refractivity contribution in [2.75, 3.05) is 5.32 Å². The Kier molecular flexibility index (Phi) is 3.27. The second-order valence-electron chi connectivity index (χ2n) is 5.37. The van der Waals surface area contributed by atoms with Crippen LogP contribution >= 0.6 is 0 Å². The van der Waals surface area contributed by atoms with Crippen molar-refractivity contribution in [3.8, 4) is 11.4 Å². The van der Waals surface area contributed by atoms with Crippen molar-refractivity contribution >= 4 is 5.82 Å². The summed E-state index contributed by atoms with van der Waals surface area (Å²) in [5, 5.41) is 7.73. The van der Waals surface area contributed by atoms with Crippen LogP contribution in [0.4, 0.5) is 5.82 Å². The molecule has 1 N–H and O–H groups in total. The van der Waals surface area contributed by atoms with Gasteiger partial charge in [-0.1, -0.05) is 30.3 Å². The first-order valence-electron chi connectivity index (χ1n) is 7.40. The molecule has 1 aliphatic rings. The van der Waals surface area contributed by atoms with E-state index in [1.54, 1.807) is 12.5 Å². The van der Waals surface area contributed by atoms with Crippen LogP contribution < -0.4 is 5.32 Å². The van der Waals surface area contributed by atoms with Crippen LogP contribution in [0.15, 0.2) is 48.9 Å². The fourth-order valence-electron chi connectivity index (χ4n) is 2.73. The summed E-state index contributed by atoms with van der Waals surface area (Å²) in [4.78, 5) is 13.2. The van der Waals surface area contributed by atoms with Gasteiger partial charge in [0.05, 0.1) is 6.54 Å². The number of anilines is 1. The van der Waals surface area contributed by atoms with E-state index < -0.39 is 0 Å². The average molecular weight is 292 g/mol. The SMILES string of the molecule is c1ccc(-c2nccc(N[C@H]3CCc4ncnn4C3)n2)cc1. The molecular formula is C16H16N6. The number of aryl methyl sites for hydroxylation is 1. The molecule has 0 radical (unpaired) electrons. The van der Waals surface area contributed by atoms with Crippen LogP contribution in [0.25, 0.3) is 11.4 Å². The molecule has 6 nitrogen and oxygen atoms in total. The Hall–Kier alpha value is -2.76. The Morgan fingerprint density at radius 1 is 1.09 bits per heavy atom. The number of benzene rings is 1. The van der Waals surface area contributed by atoms with E-state index in [2.05, 4.69) is 25.4 Å². The molecule has 3 heterocycles. The summed E-state index contributed by atoms with van der Waals surface area (Å²) in [6.07, 6.45) is 5.38. The van der Waals surface area contributed by atoms with Crippen LogP contribution in [0, 0.1) is 0 Å². The maximum absolute atomic E-state index is 4.61. The highest BCUT2D eigenvalue weighted by Crippen LogP contribution is 2.18. The normalized spacial score (nSPS) is 17.0. The number of nitrogens with zero attached hydrogens (tertiary/aromatic N) is 5. The number of hydrogen-bond acceptors (Lipinski definition) is 5. The minimum Gasteiger partial charge on any atom is -0.365 e. The molecule has 3 aromatic rings. The second kappa shape index (κ2) is 5.55. The Bertz CT molecular complexity index is 767. The van der Waals surface area contributed by atoms with Crippen LogP contribution in [0.2, 0.25) is 0 Å². The Morgan fingerprint density at radius 3 is 2.91 bits per heavy atom. The molecule has 110 valence electrons. The first-order valence-corrected chi connectivity index (χ1v) is 7.40. The zero-order chi connectivity index (χ0) is 14.8. The molecule has 1 aliphatic heterocycles. The lowest BCUT2D eigenvalue weighted by molar-refractivity contribution is 0.441. The summed E-state index contributed by atoms with van der Waals surface area (Å²) >= 11 is 0. The van der Waals surface area contributed by atoms with Gasteiger partial charge in [-0.2, -0.15) is 5.10 Å². The highest BCUT2D eigenvalue weighted by Gasteiger charge is 2.20. The largest absolute Gasteiger partial charge is 0.365 e. The number of rotatable bonds is 3. The zero-order valence-electron chi connectivity index (χ0n) is 12.1. The molecule has 0 fully saturated rings. The molecule has 0 saturated carbocycles. The molecule has 0 saturated heterocycles. The summed E-state index contributed by atoms with van der Waals surface area (Å²) < 4.78 is 1.96. The molecule has 0 amide bonds. The smallest absolute Gasteiger partial charge is 0.161 e. The monoisotopic (exact) mass is 292 g/mol. The van der Waals surface area contributed by atoms with Gasteiger partial charge in [-0.15, -0.1) is 0 Å². The van der Waals surface area contributed by atoms with Gasteiger partial charge in [0.1, 0.15) is 18.0 Å². The molecule has 0 bridgehead atoms. The number of hydrogen-bond donors (Lipinski definition) is 1. The number of aromatic nitrogens is 5. The maximum atomic E-state index is 4.61. The van der Waals surface area contributed by atoms with Gasteiger partial charge < -0.3 is 5.32 Å². The second-order valence-corrected chi connectivity index (χ2v) is 5.37. The third-order valence-corrected chi connectivity index (χ3v) is 3.85. The summed E-state index contributed by atoms with van der Waals surface area (Å²) in [5.41, 5.74) is 1.02. The lowest BCUT2D eigenvalue weighted by Crippen LogP contribution is -2.32. The minimum absolute atomic E-state index is 0.313. The van der Waals surface area contributed by atoms with Crippen molar-refractivity contribution in [2.45, 2.75) is 25.4 Å². The van der Waals surface area contributed by atoms with Gasteiger partial charge in [-0.05, 0) is 12.5 Å². The van der Waals surface area contributed by atoms with E-state index >= 15 is 0 Å². The summed E-state index contributed by atoms with van der Waals surface area (Å²) in [5.74, 6) is 2.65. The van der Waals surface area contributed by atoms with Gasteiger partial charge in [-0.3, -0.25) is 0 Å². The standard InChI is InChI=1S/C16H16N6/c1-2-4-12(5-3-1)16-17-9-8-14(21-16)20-13-6-7-15-18-11-19-22(15)10-13/h1-5,8-9,11,13H,6-7,10H2,(H,17,20,21)/t13-/m0/s1. The van der Waals surface area contributed by atoms with E-state index in [1.165, 1.54) is 0 Å². The average Bonchev–Trinajstić information content (AvgIpc) is 3.04. The summed E-state index contributed by atoms with van der Waals surface area (Å²) in [6.45, 7) is 0.819. The Morgan fingerprint density at radius 2 is 2.00 bits per heavy atom. The molecule has 0 aliphatic carbocycles. The predicted molar refractivity (Wildman–Crippen MR) is 83.2 cm³/mol. The van der Waals surface area contributed by atoms with E-state index in [9.17, 15) is 0 Å². The fourth-order valence-corrected chi connectivity index (χ4v) is 2.73. The lowest BCUT2D eigenvalue weighted by Gasteiger charge is -2.24. The van der Waals surface area contributed by atoms with Crippen molar-refractivity contribution in [1.29, 1.82) is 0 Å². The molecule has 1 aromatic carbocycles. The summed E-state index contributed by atoms with van der Waals surface area (Å²) in [6, 6.07) is 12.2. The van der Waals surface area contributed by atoms with E-state index in [1.807, 2.05) is 41.1 Å². The molecule has 22 heavy (non-hydrogen) atoms. The Labute approximate surface area is 128 Å². The molecule has 0 spiro atoms. The number of nitrogens with one attached hydrogen (secondary N) is 1. The quantitative estimate of drug-likeness (QED) is 0.801. The predicted octanol–water partition coefficient (Wildman–Crippen LogP) is 2.16. The maximum Gasteiger partial charge on any atom is 0.161 e. The van der Waals surface area contributed by atoms with Crippen LogP contribution in [0.1, 0.15) is 12.2 Å². The topological polar surface area (TPSA) is 68.5 Å². The van der Waals surface area contributed by atoms with Gasteiger partial charge in [-0.25, -0.2) is 19.6 Å². The molecule has 0 unspecified atom stereocenters. The van der Waals surface area contributed by atoms with E-state index in [0.717, 1.165) is 42.4 Å². The molecule has 2 aromatic heterocycles. The van der Waals surface area contributed by atoms with Crippen LogP contribution in [-0.4, -0.2) is 30.8 Å². The van der Waals surface area contributed by atoms with Gasteiger partial charge >= 0.3 is 0 Å². The van der Waals surface area contributed by atoms with Crippen molar-refractivity contribution in [3.05, 3.63) is 54.7 Å². The van der Waals surface area contributed by atoms with Crippen LogP contribution in [0.5, 0.6) is 0 Å². The fraction of sp³-hybridized carbons (Fsp3) is 0.250. The first-order chi connectivity index (χ1) is 10.9. The third-order valence-electron chi connectivity index (χ3n) is 3.85. The van der Waals surface area contributed by atoms with Gasteiger partial charge in [0, 0.05) is 24.2 Å². The number of fused-ring (bicyclic) bond motifs is 1. The van der Waals surface area contributed by atoms with Gasteiger partial charge in [0.2, 0.25) is 0 Å². The van der Waals surface area contributed by atoms with Crippen LogP contribution in [0.3, 0.4) is 0 Å². The van der Waals surface area contributed by atoms with Crippen LogP contribution in [-0.2, 0) is 13.0 Å². The molecule has 4 rings (SSSR count). The zero-order valence-corrected chi connectivity index (χ0v) is 12.1.